The number of thiophene rings is 1. The van der Waals surface area contributed by atoms with E-state index >= 15 is 0 Å². The van der Waals surface area contributed by atoms with E-state index in [1.165, 1.54) is 6.08 Å². The van der Waals surface area contributed by atoms with Crippen LogP contribution in [0.4, 0.5) is 0 Å². The third kappa shape index (κ3) is 5.35. The molecule has 11 heteroatoms. The summed E-state index contributed by atoms with van der Waals surface area (Å²) in [5.74, 6) is -0.247. The largest absolute Gasteiger partial charge is 0.347 e. The zero-order valence-corrected chi connectivity index (χ0v) is 20.2. The number of amides is 1. The second-order valence-electron chi connectivity index (χ2n) is 7.70. The lowest BCUT2D eigenvalue weighted by Gasteiger charge is -2.35. The fraction of sp³-hybridized carbons (Fsp3) is 0.318. The van der Waals surface area contributed by atoms with Gasteiger partial charge in [-0.25, -0.2) is 8.42 Å². The third-order valence-corrected chi connectivity index (χ3v) is 9.49. The van der Waals surface area contributed by atoms with Gasteiger partial charge in [-0.1, -0.05) is 17.7 Å². The average molecular weight is 506 g/mol. The molecule has 4 rings (SSSR count). The number of nitrogens with one attached hydrogen (secondary N) is 1. The van der Waals surface area contributed by atoms with Gasteiger partial charge in [-0.15, -0.1) is 17.9 Å². The first-order valence-electron chi connectivity index (χ1n) is 10.5. The lowest BCUT2D eigenvalue weighted by Crippen LogP contribution is -2.44. The molecule has 1 atom stereocenters. The molecule has 0 aliphatic carbocycles. The van der Waals surface area contributed by atoms with Crippen LogP contribution in [0.5, 0.6) is 0 Å². The molecule has 1 unspecified atom stereocenters. The molecule has 0 spiro atoms. The van der Waals surface area contributed by atoms with E-state index in [0.29, 0.717) is 23.7 Å². The second-order valence-corrected chi connectivity index (χ2v) is 11.6. The minimum Gasteiger partial charge on any atom is -0.347 e. The van der Waals surface area contributed by atoms with Crippen molar-refractivity contribution in [3.05, 3.63) is 76.9 Å². The molecule has 2 aromatic heterocycles. The van der Waals surface area contributed by atoms with Crippen LogP contribution in [0.3, 0.4) is 0 Å². The van der Waals surface area contributed by atoms with Crippen molar-refractivity contribution < 1.29 is 13.2 Å². The van der Waals surface area contributed by atoms with Crippen LogP contribution in [0.25, 0.3) is 0 Å². The van der Waals surface area contributed by atoms with Crippen molar-refractivity contribution in [1.29, 1.82) is 0 Å². The zero-order valence-electron chi connectivity index (χ0n) is 17.8. The summed E-state index contributed by atoms with van der Waals surface area (Å²) < 4.78 is 27.0. The Balaban J connectivity index is 1.39. The summed E-state index contributed by atoms with van der Waals surface area (Å²) in [6.07, 6.45) is 6.32. The molecule has 1 aliphatic rings. The number of carbonyl (C=O) groups excluding carboxylic acids is 1. The number of aromatic nitrogens is 3. The van der Waals surface area contributed by atoms with Crippen LogP contribution in [-0.2, 0) is 16.4 Å². The molecule has 174 valence electrons. The van der Waals surface area contributed by atoms with Crippen molar-refractivity contribution in [3.8, 4) is 0 Å². The predicted octanol–water partition coefficient (Wildman–Crippen LogP) is 3.55. The Kier molecular flexibility index (Phi) is 7.28. The smallest absolute Gasteiger partial charge is 0.251 e. The van der Waals surface area contributed by atoms with Crippen molar-refractivity contribution >= 4 is 38.7 Å². The highest BCUT2D eigenvalue weighted by Crippen LogP contribution is 2.30. The van der Waals surface area contributed by atoms with Gasteiger partial charge in [0.1, 0.15) is 9.58 Å². The molecule has 0 saturated carbocycles. The first kappa shape index (κ1) is 23.6. The highest BCUT2D eigenvalue weighted by molar-refractivity contribution is 7.94. The van der Waals surface area contributed by atoms with Crippen LogP contribution >= 0.6 is 22.9 Å². The van der Waals surface area contributed by atoms with Crippen LogP contribution in [-0.4, -0.2) is 52.7 Å². The molecule has 1 fully saturated rings. The van der Waals surface area contributed by atoms with Gasteiger partial charge in [0.05, 0.1) is 25.0 Å². The minimum absolute atomic E-state index is 0.169. The topological polar surface area (TPSA) is 97.2 Å². The van der Waals surface area contributed by atoms with Gasteiger partial charge in [0.25, 0.3) is 5.91 Å². The molecule has 0 bridgehead atoms. The molecule has 1 saturated heterocycles. The maximum Gasteiger partial charge on any atom is 0.251 e. The maximum absolute atomic E-state index is 13.3. The lowest BCUT2D eigenvalue weighted by atomic mass is 10.1. The number of hydrogen-bond acceptors (Lipinski definition) is 7. The quantitative estimate of drug-likeness (QED) is 0.470. The van der Waals surface area contributed by atoms with Gasteiger partial charge in [0.15, 0.2) is 0 Å². The number of piperidine rings is 1. The maximum atomic E-state index is 13.3. The SMILES string of the molecule is C=CC(N1CCC(n2nccn2)CC1)S(=O)(=O)c1ccc(CNC(=O)c2ccc(Cl)cc2)s1. The van der Waals surface area contributed by atoms with Gasteiger partial charge < -0.3 is 5.32 Å². The van der Waals surface area contributed by atoms with Crippen LogP contribution in [0.2, 0.25) is 5.02 Å². The highest BCUT2D eigenvalue weighted by atomic mass is 35.5. The van der Waals surface area contributed by atoms with Crippen LogP contribution < -0.4 is 5.32 Å². The number of rotatable bonds is 8. The van der Waals surface area contributed by atoms with Crippen molar-refractivity contribution in [3.63, 3.8) is 0 Å². The van der Waals surface area contributed by atoms with Crippen molar-refractivity contribution in [2.24, 2.45) is 0 Å². The summed E-state index contributed by atoms with van der Waals surface area (Å²) in [5, 5.41) is 11.0. The zero-order chi connectivity index (χ0) is 23.4. The van der Waals surface area contributed by atoms with E-state index in [0.717, 1.165) is 29.1 Å². The van der Waals surface area contributed by atoms with Crippen LogP contribution in [0, 0.1) is 0 Å². The Labute approximate surface area is 201 Å². The molecule has 0 radical (unpaired) electrons. The molecule has 3 aromatic rings. The van der Waals surface area contributed by atoms with E-state index in [1.807, 2.05) is 4.90 Å². The summed E-state index contributed by atoms with van der Waals surface area (Å²) in [5.41, 5.74) is 0.490. The highest BCUT2D eigenvalue weighted by Gasteiger charge is 2.34. The molecule has 3 heterocycles. The molecule has 1 aliphatic heterocycles. The Morgan fingerprint density at radius 1 is 1.18 bits per heavy atom. The first-order chi connectivity index (χ1) is 15.9. The number of likely N-dealkylation sites (tertiary alicyclic amines) is 1. The third-order valence-electron chi connectivity index (χ3n) is 5.59. The van der Waals surface area contributed by atoms with Gasteiger partial charge in [-0.3, -0.25) is 9.69 Å². The van der Waals surface area contributed by atoms with Gasteiger partial charge in [-0.2, -0.15) is 15.0 Å². The Morgan fingerprint density at radius 2 is 1.85 bits per heavy atom. The number of hydrogen-bond donors (Lipinski definition) is 1. The fourth-order valence-electron chi connectivity index (χ4n) is 3.85. The molecule has 8 nitrogen and oxygen atoms in total. The Morgan fingerprint density at radius 3 is 2.48 bits per heavy atom. The van der Waals surface area contributed by atoms with Crippen LogP contribution in [0.1, 0.15) is 34.1 Å². The first-order valence-corrected chi connectivity index (χ1v) is 13.2. The fourth-order valence-corrected chi connectivity index (χ4v) is 7.09. The van der Waals surface area contributed by atoms with Crippen LogP contribution in [0.15, 0.2) is 65.7 Å². The molecule has 33 heavy (non-hydrogen) atoms. The van der Waals surface area contributed by atoms with Crippen molar-refractivity contribution in [2.45, 2.75) is 35.0 Å². The van der Waals surface area contributed by atoms with Gasteiger partial charge in [0.2, 0.25) is 9.84 Å². The van der Waals surface area contributed by atoms with E-state index < -0.39 is 15.2 Å². The molecule has 1 aromatic carbocycles. The molecule has 1 amide bonds. The summed E-state index contributed by atoms with van der Waals surface area (Å²) >= 11 is 7.02. The van der Waals surface area contributed by atoms with E-state index in [-0.39, 0.29) is 22.7 Å². The number of carbonyl (C=O) groups is 1. The van der Waals surface area contributed by atoms with Gasteiger partial charge in [-0.05, 0) is 49.2 Å². The number of sulfone groups is 1. The summed E-state index contributed by atoms with van der Waals surface area (Å²) in [6, 6.07) is 10.1. The lowest BCUT2D eigenvalue weighted by molar-refractivity contribution is 0.0951. The molecule has 1 N–H and O–H groups in total. The Hall–Kier alpha value is -2.53. The summed E-state index contributed by atoms with van der Waals surface area (Å²) in [6.45, 7) is 5.25. The number of halogens is 1. The van der Waals surface area contributed by atoms with Crippen molar-refractivity contribution in [2.75, 3.05) is 13.1 Å². The monoisotopic (exact) mass is 505 g/mol. The van der Waals surface area contributed by atoms with Gasteiger partial charge >= 0.3 is 0 Å². The normalized spacial score (nSPS) is 16.4. The van der Waals surface area contributed by atoms with Crippen molar-refractivity contribution in [1.82, 2.24) is 25.2 Å². The van der Waals surface area contributed by atoms with E-state index in [9.17, 15) is 13.2 Å². The second kappa shape index (κ2) is 10.2. The summed E-state index contributed by atoms with van der Waals surface area (Å²) in [7, 11) is -3.64. The van der Waals surface area contributed by atoms with E-state index in [4.69, 9.17) is 11.6 Å². The molecular formula is C22H24ClN5O3S2. The predicted molar refractivity (Wildman–Crippen MR) is 128 cm³/mol. The summed E-state index contributed by atoms with van der Waals surface area (Å²) in [4.78, 5) is 16.7. The van der Waals surface area contributed by atoms with E-state index in [2.05, 4.69) is 22.1 Å². The minimum atomic E-state index is -3.64. The standard InChI is InChI=1S/C22H24ClN5O3S2/c1-2-20(27-13-9-18(10-14-27)28-25-11-12-26-28)33(30,31)21-8-7-19(32-21)15-24-22(29)16-3-5-17(23)6-4-16/h2-8,11-12,18,20H,1,9-10,13-15H2,(H,24,29). The number of benzene rings is 1. The Bertz CT molecular complexity index is 1200. The average Bonchev–Trinajstić information content (AvgIpc) is 3.52. The number of nitrogens with zero attached hydrogens (tertiary/aromatic N) is 4. The molecular weight excluding hydrogens is 482 g/mol. The van der Waals surface area contributed by atoms with E-state index in [1.54, 1.807) is 53.6 Å². The van der Waals surface area contributed by atoms with Gasteiger partial charge in [0, 0.05) is 28.6 Å².